The highest BCUT2D eigenvalue weighted by Crippen LogP contribution is 2.22. The Bertz CT molecular complexity index is 763. The van der Waals surface area contributed by atoms with E-state index in [1.54, 1.807) is 24.2 Å². The molecule has 1 atom stereocenters. The van der Waals surface area contributed by atoms with Gasteiger partial charge >= 0.3 is 0 Å². The van der Waals surface area contributed by atoms with Crippen LogP contribution in [-0.2, 0) is 0 Å². The normalized spacial score (nSPS) is 12.5. The predicted octanol–water partition coefficient (Wildman–Crippen LogP) is 3.10. The van der Waals surface area contributed by atoms with E-state index in [1.807, 2.05) is 37.4 Å². The van der Waals surface area contributed by atoms with Crippen LogP contribution in [0.2, 0.25) is 0 Å². The summed E-state index contributed by atoms with van der Waals surface area (Å²) in [6, 6.07) is 7.81. The van der Waals surface area contributed by atoms with Crippen molar-refractivity contribution in [3.63, 3.8) is 0 Å². The molecule has 6 heteroatoms. The third-order valence-electron chi connectivity index (χ3n) is 3.35. The number of nitrogens with zero attached hydrogens (tertiary/aromatic N) is 1. The van der Waals surface area contributed by atoms with Crippen LogP contribution < -0.4 is 5.32 Å². The highest BCUT2D eigenvalue weighted by molar-refractivity contribution is 7.98. The molecule has 0 saturated carbocycles. The first kappa shape index (κ1) is 13.8. The molecular formula is C15H16N4OS. The van der Waals surface area contributed by atoms with Gasteiger partial charge in [0.25, 0.3) is 5.91 Å². The fraction of sp³-hybridized carbons (Fsp3) is 0.200. The summed E-state index contributed by atoms with van der Waals surface area (Å²) in [5.41, 5.74) is 1.53. The second-order valence-corrected chi connectivity index (χ2v) is 5.69. The number of amides is 1. The lowest BCUT2D eigenvalue weighted by molar-refractivity contribution is 0.0934. The number of aromatic nitrogens is 3. The number of carbonyl (C=O) groups excluding carboxylic acids is 1. The van der Waals surface area contributed by atoms with Crippen LogP contribution >= 0.6 is 11.8 Å². The van der Waals surface area contributed by atoms with Gasteiger partial charge in [0.1, 0.15) is 11.5 Å². The Morgan fingerprint density at radius 3 is 2.95 bits per heavy atom. The fourth-order valence-electron chi connectivity index (χ4n) is 2.21. The van der Waals surface area contributed by atoms with Crippen molar-refractivity contribution in [3.8, 4) is 0 Å². The topological polar surface area (TPSA) is 73.6 Å². The molecule has 0 bridgehead atoms. The van der Waals surface area contributed by atoms with Crippen molar-refractivity contribution in [1.82, 2.24) is 20.3 Å². The summed E-state index contributed by atoms with van der Waals surface area (Å²) in [5.74, 6) is 0.602. The first-order valence-corrected chi connectivity index (χ1v) is 7.87. The second-order valence-electron chi connectivity index (χ2n) is 4.81. The van der Waals surface area contributed by atoms with Gasteiger partial charge in [-0.1, -0.05) is 6.07 Å². The van der Waals surface area contributed by atoms with Crippen molar-refractivity contribution in [2.24, 2.45) is 0 Å². The maximum atomic E-state index is 12.3. The van der Waals surface area contributed by atoms with Crippen molar-refractivity contribution < 1.29 is 4.79 Å². The summed E-state index contributed by atoms with van der Waals surface area (Å²) in [7, 11) is 0. The Morgan fingerprint density at radius 2 is 2.24 bits per heavy atom. The Hall–Kier alpha value is -2.21. The number of fused-ring (bicyclic) bond motifs is 1. The number of imidazole rings is 1. The predicted molar refractivity (Wildman–Crippen MR) is 84.5 cm³/mol. The molecule has 1 aromatic carbocycles. The van der Waals surface area contributed by atoms with Gasteiger partial charge in [0.2, 0.25) is 0 Å². The number of nitrogens with one attached hydrogen (secondary N) is 3. The summed E-state index contributed by atoms with van der Waals surface area (Å²) in [4.78, 5) is 23.8. The number of hydrogen-bond acceptors (Lipinski definition) is 3. The van der Waals surface area contributed by atoms with Gasteiger partial charge in [0.05, 0.1) is 6.04 Å². The third-order valence-corrected chi connectivity index (χ3v) is 4.08. The Labute approximate surface area is 126 Å². The summed E-state index contributed by atoms with van der Waals surface area (Å²) in [6.07, 6.45) is 5.44. The van der Waals surface area contributed by atoms with Gasteiger partial charge in [-0.05, 0) is 31.4 Å². The molecule has 1 amide bonds. The minimum atomic E-state index is -0.166. The summed E-state index contributed by atoms with van der Waals surface area (Å²) in [6.45, 7) is 1.89. The Morgan fingerprint density at radius 1 is 1.38 bits per heavy atom. The highest BCUT2D eigenvalue weighted by atomic mass is 32.2. The molecule has 108 valence electrons. The number of benzene rings is 1. The molecule has 0 saturated heterocycles. The number of aromatic amines is 2. The lowest BCUT2D eigenvalue weighted by Crippen LogP contribution is -2.27. The van der Waals surface area contributed by atoms with Crippen LogP contribution in [0, 0.1) is 0 Å². The lowest BCUT2D eigenvalue weighted by atomic mass is 10.2. The second kappa shape index (κ2) is 5.65. The number of rotatable bonds is 4. The Kier molecular flexibility index (Phi) is 3.70. The molecule has 5 nitrogen and oxygen atoms in total. The highest BCUT2D eigenvalue weighted by Gasteiger charge is 2.15. The summed E-state index contributed by atoms with van der Waals surface area (Å²) < 4.78 is 0. The molecule has 2 aromatic heterocycles. The molecule has 0 radical (unpaired) electrons. The largest absolute Gasteiger partial charge is 0.350 e. The molecule has 2 heterocycles. The lowest BCUT2D eigenvalue weighted by Gasteiger charge is -2.10. The number of carbonyl (C=O) groups is 1. The van der Waals surface area contributed by atoms with E-state index in [2.05, 4.69) is 20.3 Å². The van der Waals surface area contributed by atoms with Gasteiger partial charge in [0.15, 0.2) is 0 Å². The minimum absolute atomic E-state index is 0.138. The molecule has 0 unspecified atom stereocenters. The molecule has 3 rings (SSSR count). The van der Waals surface area contributed by atoms with Gasteiger partial charge in [-0.15, -0.1) is 11.8 Å². The van der Waals surface area contributed by atoms with Gasteiger partial charge in [-0.3, -0.25) is 4.79 Å². The molecule has 0 aliphatic rings. The van der Waals surface area contributed by atoms with Crippen molar-refractivity contribution >= 4 is 28.6 Å². The number of H-pyrrole nitrogens is 2. The average Bonchev–Trinajstić information content (AvgIpc) is 3.15. The van der Waals surface area contributed by atoms with Gasteiger partial charge in [-0.2, -0.15) is 0 Å². The van der Waals surface area contributed by atoms with E-state index in [-0.39, 0.29) is 11.9 Å². The van der Waals surface area contributed by atoms with Crippen LogP contribution in [0.5, 0.6) is 0 Å². The van der Waals surface area contributed by atoms with Crippen molar-refractivity contribution in [2.75, 3.05) is 6.26 Å². The Balaban J connectivity index is 1.81. The summed E-state index contributed by atoms with van der Waals surface area (Å²) >= 11 is 1.68. The fourth-order valence-corrected chi connectivity index (χ4v) is 2.65. The number of hydrogen-bond donors (Lipinski definition) is 3. The maximum absolute atomic E-state index is 12.3. The van der Waals surface area contributed by atoms with Crippen molar-refractivity contribution in [2.45, 2.75) is 17.9 Å². The van der Waals surface area contributed by atoms with E-state index in [1.165, 1.54) is 4.90 Å². The van der Waals surface area contributed by atoms with Crippen LogP contribution in [0.25, 0.3) is 10.9 Å². The summed E-state index contributed by atoms with van der Waals surface area (Å²) in [5, 5.41) is 3.95. The zero-order chi connectivity index (χ0) is 14.8. The molecule has 0 spiro atoms. The minimum Gasteiger partial charge on any atom is -0.350 e. The number of thioether (sulfide) groups is 1. The third kappa shape index (κ3) is 2.80. The first-order valence-electron chi connectivity index (χ1n) is 6.64. The van der Waals surface area contributed by atoms with E-state index in [0.29, 0.717) is 5.69 Å². The van der Waals surface area contributed by atoms with Crippen LogP contribution in [0.15, 0.2) is 41.6 Å². The smallest absolute Gasteiger partial charge is 0.268 e. The molecule has 3 aromatic rings. The SMILES string of the molecule is CSc1ccc2cc(C(=O)N[C@H](C)c3ncc[nH]3)[nH]c2c1. The van der Waals surface area contributed by atoms with E-state index >= 15 is 0 Å². The van der Waals surface area contributed by atoms with E-state index in [0.717, 1.165) is 16.7 Å². The van der Waals surface area contributed by atoms with Gasteiger partial charge < -0.3 is 15.3 Å². The van der Waals surface area contributed by atoms with Crippen LogP contribution in [0.1, 0.15) is 29.3 Å². The zero-order valence-electron chi connectivity index (χ0n) is 11.8. The van der Waals surface area contributed by atoms with Crippen molar-refractivity contribution in [3.05, 3.63) is 48.2 Å². The van der Waals surface area contributed by atoms with Crippen molar-refractivity contribution in [1.29, 1.82) is 0 Å². The monoisotopic (exact) mass is 300 g/mol. The zero-order valence-corrected chi connectivity index (χ0v) is 12.6. The van der Waals surface area contributed by atoms with Gasteiger partial charge in [0, 0.05) is 28.2 Å². The van der Waals surface area contributed by atoms with Crippen LogP contribution in [0.3, 0.4) is 0 Å². The van der Waals surface area contributed by atoms with Crippen LogP contribution in [-0.4, -0.2) is 27.1 Å². The quantitative estimate of drug-likeness (QED) is 0.648. The standard InChI is InChI=1S/C15H16N4OS/c1-9(14-16-5-6-17-14)18-15(20)13-7-10-3-4-11(21-2)8-12(10)19-13/h3-9,19H,1-2H3,(H,16,17)(H,18,20)/t9-/m1/s1. The molecule has 0 fully saturated rings. The molecule has 0 aliphatic carbocycles. The van der Waals surface area contributed by atoms with Gasteiger partial charge in [-0.25, -0.2) is 4.98 Å². The molecular weight excluding hydrogens is 284 g/mol. The van der Waals surface area contributed by atoms with E-state index < -0.39 is 0 Å². The maximum Gasteiger partial charge on any atom is 0.268 e. The molecule has 3 N–H and O–H groups in total. The molecule has 21 heavy (non-hydrogen) atoms. The molecule has 0 aliphatic heterocycles. The van der Waals surface area contributed by atoms with Crippen LogP contribution in [0.4, 0.5) is 0 Å². The average molecular weight is 300 g/mol. The van der Waals surface area contributed by atoms with E-state index in [4.69, 9.17) is 0 Å². The first-order chi connectivity index (χ1) is 10.2. The van der Waals surface area contributed by atoms with E-state index in [9.17, 15) is 4.79 Å².